The lowest BCUT2D eigenvalue weighted by Crippen LogP contribution is -2.41. The molecule has 0 unspecified atom stereocenters. The van der Waals surface area contributed by atoms with Crippen molar-refractivity contribution in [1.29, 1.82) is 0 Å². The second kappa shape index (κ2) is 4.39. The summed E-state index contributed by atoms with van der Waals surface area (Å²) < 4.78 is 22.8. The molecule has 1 saturated carbocycles. The summed E-state index contributed by atoms with van der Waals surface area (Å²) in [5.74, 6) is 0.572. The lowest BCUT2D eigenvalue weighted by atomic mass is 10.1. The van der Waals surface area contributed by atoms with E-state index in [1.54, 1.807) is 0 Å². The molecule has 88 valence electrons. The van der Waals surface area contributed by atoms with Gasteiger partial charge in [-0.2, -0.15) is 0 Å². The number of rotatable bonds is 1. The fraction of sp³-hybridized carbons (Fsp3) is 1.00. The Morgan fingerprint density at radius 2 is 1.87 bits per heavy atom. The van der Waals surface area contributed by atoms with Crippen LogP contribution in [0.4, 0.5) is 0 Å². The Morgan fingerprint density at radius 1 is 1.07 bits per heavy atom. The zero-order valence-corrected chi connectivity index (χ0v) is 9.75. The van der Waals surface area contributed by atoms with Gasteiger partial charge in [0.1, 0.15) is 0 Å². The van der Waals surface area contributed by atoms with Gasteiger partial charge >= 0.3 is 0 Å². The molecular formula is C10H19NO3S. The quantitative estimate of drug-likeness (QED) is 0.694. The average Bonchev–Trinajstić information content (AvgIpc) is 2.49. The van der Waals surface area contributed by atoms with E-state index in [1.807, 2.05) is 0 Å². The van der Waals surface area contributed by atoms with E-state index in [-0.39, 0.29) is 17.9 Å². The summed E-state index contributed by atoms with van der Waals surface area (Å²) in [6.07, 6.45) is 3.42. The first-order valence-electron chi connectivity index (χ1n) is 5.71. The first-order valence-corrected chi connectivity index (χ1v) is 7.53. The van der Waals surface area contributed by atoms with Crippen LogP contribution >= 0.6 is 0 Å². The van der Waals surface area contributed by atoms with E-state index >= 15 is 0 Å². The average molecular weight is 233 g/mol. The molecule has 5 heteroatoms. The summed E-state index contributed by atoms with van der Waals surface area (Å²) >= 11 is 0. The van der Waals surface area contributed by atoms with Crippen LogP contribution in [0.1, 0.15) is 25.7 Å². The van der Waals surface area contributed by atoms with Gasteiger partial charge in [-0.3, -0.25) is 4.90 Å². The van der Waals surface area contributed by atoms with Crippen LogP contribution in [0.3, 0.4) is 0 Å². The fourth-order valence-electron chi connectivity index (χ4n) is 2.64. The molecule has 1 saturated heterocycles. The molecule has 2 rings (SSSR count). The predicted octanol–water partition coefficient (Wildman–Crippen LogP) is 0.0203. The number of aliphatic hydroxyl groups is 1. The summed E-state index contributed by atoms with van der Waals surface area (Å²) in [5, 5.41) is 9.77. The minimum absolute atomic E-state index is 0.207. The van der Waals surface area contributed by atoms with Crippen molar-refractivity contribution in [2.45, 2.75) is 37.8 Å². The van der Waals surface area contributed by atoms with Crippen molar-refractivity contribution >= 4 is 9.84 Å². The number of aliphatic hydroxyl groups excluding tert-OH is 1. The monoisotopic (exact) mass is 233 g/mol. The largest absolute Gasteiger partial charge is 0.391 e. The van der Waals surface area contributed by atoms with Crippen LogP contribution in [0.25, 0.3) is 0 Å². The molecule has 0 aromatic carbocycles. The first-order chi connectivity index (χ1) is 7.08. The second-order valence-electron chi connectivity index (χ2n) is 4.61. The minimum Gasteiger partial charge on any atom is -0.391 e. The van der Waals surface area contributed by atoms with E-state index in [4.69, 9.17) is 0 Å². The summed E-state index contributed by atoms with van der Waals surface area (Å²) in [6, 6.07) is 0.207. The van der Waals surface area contributed by atoms with Crippen molar-refractivity contribution < 1.29 is 13.5 Å². The third-order valence-electron chi connectivity index (χ3n) is 3.50. The summed E-state index contributed by atoms with van der Waals surface area (Å²) in [6.45, 7) is 1.42. The van der Waals surface area contributed by atoms with Gasteiger partial charge in [-0.25, -0.2) is 8.42 Å². The Hall–Kier alpha value is -0.130. The van der Waals surface area contributed by atoms with Gasteiger partial charge in [-0.05, 0) is 32.2 Å². The molecule has 1 N–H and O–H groups in total. The van der Waals surface area contributed by atoms with E-state index in [1.165, 1.54) is 0 Å². The zero-order chi connectivity index (χ0) is 10.9. The topological polar surface area (TPSA) is 57.6 Å². The third-order valence-corrected chi connectivity index (χ3v) is 5.22. The molecule has 0 amide bonds. The first kappa shape index (κ1) is 11.4. The van der Waals surface area contributed by atoms with Gasteiger partial charge in [0, 0.05) is 12.6 Å². The highest BCUT2D eigenvalue weighted by Crippen LogP contribution is 2.25. The van der Waals surface area contributed by atoms with E-state index in [9.17, 15) is 13.5 Å². The number of sulfone groups is 1. The Balaban J connectivity index is 1.99. The maximum Gasteiger partial charge on any atom is 0.151 e. The molecule has 2 atom stereocenters. The highest BCUT2D eigenvalue weighted by molar-refractivity contribution is 7.91. The normalized spacial score (nSPS) is 37.7. The Kier molecular flexibility index (Phi) is 3.33. The third kappa shape index (κ3) is 2.71. The van der Waals surface area contributed by atoms with Crippen LogP contribution in [0.15, 0.2) is 0 Å². The number of nitrogens with zero attached hydrogens (tertiary/aromatic N) is 1. The molecule has 4 nitrogen and oxygen atoms in total. The van der Waals surface area contributed by atoms with Crippen molar-refractivity contribution in [3.05, 3.63) is 0 Å². The van der Waals surface area contributed by atoms with Crippen LogP contribution in [-0.4, -0.2) is 55.2 Å². The van der Waals surface area contributed by atoms with Gasteiger partial charge < -0.3 is 5.11 Å². The van der Waals surface area contributed by atoms with E-state index in [0.29, 0.717) is 18.7 Å². The van der Waals surface area contributed by atoms with Gasteiger partial charge in [0.05, 0.1) is 17.6 Å². The van der Waals surface area contributed by atoms with Crippen LogP contribution in [0.5, 0.6) is 0 Å². The summed E-state index contributed by atoms with van der Waals surface area (Å²) in [7, 11) is -2.82. The highest BCUT2D eigenvalue weighted by Gasteiger charge is 2.32. The fourth-order valence-corrected chi connectivity index (χ4v) is 3.92. The smallest absolute Gasteiger partial charge is 0.151 e. The van der Waals surface area contributed by atoms with Gasteiger partial charge in [-0.15, -0.1) is 0 Å². The van der Waals surface area contributed by atoms with Gasteiger partial charge in [-0.1, -0.05) is 0 Å². The summed E-state index contributed by atoms with van der Waals surface area (Å²) in [4.78, 5) is 2.17. The summed E-state index contributed by atoms with van der Waals surface area (Å²) in [5.41, 5.74) is 0. The van der Waals surface area contributed by atoms with Gasteiger partial charge in [0.15, 0.2) is 9.84 Å². The van der Waals surface area contributed by atoms with Gasteiger partial charge in [0.25, 0.3) is 0 Å². The Labute approximate surface area is 91.2 Å². The Bertz CT molecular complexity index is 315. The molecule has 0 aromatic rings. The van der Waals surface area contributed by atoms with Crippen LogP contribution in [-0.2, 0) is 9.84 Å². The molecular weight excluding hydrogens is 214 g/mol. The van der Waals surface area contributed by atoms with Crippen LogP contribution in [0, 0.1) is 0 Å². The van der Waals surface area contributed by atoms with Gasteiger partial charge in [0.2, 0.25) is 0 Å². The minimum atomic E-state index is -2.82. The van der Waals surface area contributed by atoms with Crippen molar-refractivity contribution in [1.82, 2.24) is 4.90 Å². The van der Waals surface area contributed by atoms with E-state index < -0.39 is 9.84 Å². The maximum atomic E-state index is 11.4. The standard InChI is InChI=1S/C10H19NO3S/c12-10-4-1-3-9(10)11-5-2-7-15(13,14)8-6-11/h9-10,12H,1-8H2/t9-,10-/m1/s1. The van der Waals surface area contributed by atoms with Crippen LogP contribution in [0.2, 0.25) is 0 Å². The zero-order valence-electron chi connectivity index (χ0n) is 8.93. The molecule has 15 heavy (non-hydrogen) atoms. The van der Waals surface area contributed by atoms with Crippen molar-refractivity contribution in [3.63, 3.8) is 0 Å². The van der Waals surface area contributed by atoms with Crippen molar-refractivity contribution in [3.8, 4) is 0 Å². The molecule has 1 aliphatic carbocycles. The maximum absolute atomic E-state index is 11.4. The second-order valence-corrected chi connectivity index (χ2v) is 6.91. The molecule has 2 aliphatic rings. The highest BCUT2D eigenvalue weighted by atomic mass is 32.2. The molecule has 0 aromatic heterocycles. The predicted molar refractivity (Wildman–Crippen MR) is 58.5 cm³/mol. The SMILES string of the molecule is O=S1(=O)CCCN([C@@H]2CCC[C@H]2O)CC1. The molecule has 1 heterocycles. The van der Waals surface area contributed by atoms with Crippen molar-refractivity contribution in [2.75, 3.05) is 24.6 Å². The lowest BCUT2D eigenvalue weighted by Gasteiger charge is -2.29. The van der Waals surface area contributed by atoms with Crippen LogP contribution < -0.4 is 0 Å². The van der Waals surface area contributed by atoms with E-state index in [2.05, 4.69) is 4.90 Å². The van der Waals surface area contributed by atoms with Crippen molar-refractivity contribution in [2.24, 2.45) is 0 Å². The molecule has 0 bridgehead atoms. The Morgan fingerprint density at radius 3 is 2.53 bits per heavy atom. The number of hydrogen-bond acceptors (Lipinski definition) is 4. The lowest BCUT2D eigenvalue weighted by molar-refractivity contribution is 0.0754. The molecule has 0 radical (unpaired) electrons. The molecule has 2 fully saturated rings. The molecule has 0 spiro atoms. The van der Waals surface area contributed by atoms with E-state index in [0.717, 1.165) is 25.8 Å². The molecule has 1 aliphatic heterocycles. The number of hydrogen-bond donors (Lipinski definition) is 1.